The number of amides is 1. The monoisotopic (exact) mass is 236 g/mol. The number of hydrazone groups is 1. The van der Waals surface area contributed by atoms with Crippen LogP contribution in [0.1, 0.15) is 19.4 Å². The second-order valence-corrected chi connectivity index (χ2v) is 3.43. The molecule has 0 aliphatic heterocycles. The minimum atomic E-state index is -0.204. The molecule has 1 rings (SSSR count). The van der Waals surface area contributed by atoms with Gasteiger partial charge in [0.2, 0.25) is 5.91 Å². The number of nitrogens with one attached hydrogen (secondary N) is 1. The average molecular weight is 236 g/mol. The smallest absolute Gasteiger partial charge is 0.236 e. The van der Waals surface area contributed by atoms with Gasteiger partial charge >= 0.3 is 0 Å². The number of hydrogen-bond acceptors (Lipinski definition) is 4. The summed E-state index contributed by atoms with van der Waals surface area (Å²) in [4.78, 5) is 10.7. The minimum absolute atomic E-state index is 0.204. The zero-order valence-corrected chi connectivity index (χ0v) is 10.4. The molecule has 5 nitrogen and oxygen atoms in total. The zero-order chi connectivity index (χ0) is 12.8. The van der Waals surface area contributed by atoms with Gasteiger partial charge in [-0.25, -0.2) is 5.43 Å². The summed E-state index contributed by atoms with van der Waals surface area (Å²) in [6, 6.07) is 5.45. The molecule has 0 aliphatic carbocycles. The van der Waals surface area contributed by atoms with Crippen molar-refractivity contribution in [3.05, 3.63) is 23.8 Å². The van der Waals surface area contributed by atoms with E-state index < -0.39 is 0 Å². The second kappa shape index (κ2) is 5.89. The molecule has 0 atom stereocenters. The molecule has 0 aliphatic rings. The van der Waals surface area contributed by atoms with Crippen molar-refractivity contribution in [2.75, 3.05) is 14.2 Å². The topological polar surface area (TPSA) is 59.9 Å². The first-order chi connectivity index (χ1) is 8.08. The average Bonchev–Trinajstić information content (AvgIpc) is 2.34. The Bertz CT molecular complexity index is 441. The van der Waals surface area contributed by atoms with E-state index in [2.05, 4.69) is 10.5 Å². The van der Waals surface area contributed by atoms with Crippen molar-refractivity contribution in [1.29, 1.82) is 0 Å². The third-order valence-electron chi connectivity index (χ3n) is 2.18. The van der Waals surface area contributed by atoms with Crippen molar-refractivity contribution in [3.8, 4) is 11.5 Å². The molecule has 1 amide bonds. The Morgan fingerprint density at radius 1 is 1.18 bits per heavy atom. The first-order valence-electron chi connectivity index (χ1n) is 5.11. The van der Waals surface area contributed by atoms with Crippen molar-refractivity contribution in [2.45, 2.75) is 13.8 Å². The zero-order valence-electron chi connectivity index (χ0n) is 10.4. The fraction of sp³-hybridized carbons (Fsp3) is 0.333. The van der Waals surface area contributed by atoms with Crippen LogP contribution >= 0.6 is 0 Å². The molecule has 0 spiro atoms. The van der Waals surface area contributed by atoms with Crippen LogP contribution in [0.15, 0.2) is 23.3 Å². The van der Waals surface area contributed by atoms with Crippen LogP contribution in [0.4, 0.5) is 0 Å². The van der Waals surface area contributed by atoms with Gasteiger partial charge in [-0.15, -0.1) is 0 Å². The van der Waals surface area contributed by atoms with Gasteiger partial charge in [0.25, 0.3) is 0 Å². The minimum Gasteiger partial charge on any atom is -0.493 e. The van der Waals surface area contributed by atoms with Gasteiger partial charge in [-0.1, -0.05) is 0 Å². The first-order valence-corrected chi connectivity index (χ1v) is 5.11. The molecular weight excluding hydrogens is 220 g/mol. The fourth-order valence-corrected chi connectivity index (χ4v) is 1.29. The Hall–Kier alpha value is -2.04. The highest BCUT2D eigenvalue weighted by Gasteiger charge is 2.06. The summed E-state index contributed by atoms with van der Waals surface area (Å²) in [5, 5.41) is 3.95. The molecule has 0 radical (unpaired) electrons. The van der Waals surface area contributed by atoms with Crippen LogP contribution in [0.25, 0.3) is 0 Å². The molecule has 5 heteroatoms. The molecule has 92 valence electrons. The summed E-state index contributed by atoms with van der Waals surface area (Å²) >= 11 is 0. The molecule has 1 N–H and O–H groups in total. The lowest BCUT2D eigenvalue weighted by atomic mass is 10.1. The second-order valence-electron chi connectivity index (χ2n) is 3.43. The normalized spacial score (nSPS) is 10.9. The van der Waals surface area contributed by atoms with Crippen LogP contribution in [-0.4, -0.2) is 25.8 Å². The van der Waals surface area contributed by atoms with Crippen molar-refractivity contribution in [1.82, 2.24) is 5.43 Å². The molecule has 17 heavy (non-hydrogen) atoms. The quantitative estimate of drug-likeness (QED) is 0.637. The van der Waals surface area contributed by atoms with Crippen LogP contribution in [0.3, 0.4) is 0 Å². The summed E-state index contributed by atoms with van der Waals surface area (Å²) in [7, 11) is 3.15. The Labute approximate surface area is 100 Å². The van der Waals surface area contributed by atoms with Crippen molar-refractivity contribution in [3.63, 3.8) is 0 Å². The number of hydrogen-bond donors (Lipinski definition) is 1. The molecule has 0 aromatic heterocycles. The first kappa shape index (κ1) is 13.0. The molecule has 0 unspecified atom stereocenters. The number of ether oxygens (including phenoxy) is 2. The predicted octanol–water partition coefficient (Wildman–Crippen LogP) is 1.56. The van der Waals surface area contributed by atoms with E-state index in [9.17, 15) is 4.79 Å². The number of carbonyl (C=O) groups excluding carboxylic acids is 1. The van der Waals surface area contributed by atoms with E-state index in [1.54, 1.807) is 33.3 Å². The molecule has 0 fully saturated rings. The Morgan fingerprint density at radius 2 is 1.82 bits per heavy atom. The maximum absolute atomic E-state index is 10.7. The lowest BCUT2D eigenvalue weighted by Crippen LogP contribution is -2.15. The van der Waals surface area contributed by atoms with Gasteiger partial charge in [-0.3, -0.25) is 4.79 Å². The Morgan fingerprint density at radius 3 is 2.35 bits per heavy atom. The number of methoxy groups -OCH3 is 2. The van der Waals surface area contributed by atoms with Crippen LogP contribution in [0.5, 0.6) is 11.5 Å². The molecule has 0 bridgehead atoms. The highest BCUT2D eigenvalue weighted by Crippen LogP contribution is 2.27. The van der Waals surface area contributed by atoms with Crippen LogP contribution in [0.2, 0.25) is 0 Å². The lowest BCUT2D eigenvalue weighted by molar-refractivity contribution is -0.118. The van der Waals surface area contributed by atoms with Crippen molar-refractivity contribution in [2.24, 2.45) is 5.10 Å². The van der Waals surface area contributed by atoms with Crippen LogP contribution in [-0.2, 0) is 4.79 Å². The van der Waals surface area contributed by atoms with E-state index in [0.717, 1.165) is 5.56 Å². The number of rotatable bonds is 4. The van der Waals surface area contributed by atoms with Gasteiger partial charge in [0.1, 0.15) is 0 Å². The third-order valence-corrected chi connectivity index (χ3v) is 2.18. The van der Waals surface area contributed by atoms with Crippen LogP contribution in [0, 0.1) is 0 Å². The van der Waals surface area contributed by atoms with E-state index in [1.165, 1.54) is 6.92 Å². The van der Waals surface area contributed by atoms with Gasteiger partial charge in [0.05, 0.1) is 19.9 Å². The van der Waals surface area contributed by atoms with E-state index in [1.807, 2.05) is 6.07 Å². The van der Waals surface area contributed by atoms with Crippen molar-refractivity contribution >= 4 is 11.6 Å². The molecule has 0 saturated carbocycles. The summed E-state index contributed by atoms with van der Waals surface area (Å²) in [5.74, 6) is 1.08. The summed E-state index contributed by atoms with van der Waals surface area (Å²) < 4.78 is 10.3. The Balaban J connectivity index is 2.99. The SMILES string of the molecule is COc1ccc(/C(C)=N\NC(C)=O)cc1OC. The fourth-order valence-electron chi connectivity index (χ4n) is 1.29. The molecule has 1 aromatic rings. The summed E-state index contributed by atoms with van der Waals surface area (Å²) in [5.41, 5.74) is 3.94. The van der Waals surface area contributed by atoms with E-state index in [-0.39, 0.29) is 5.91 Å². The number of carbonyl (C=O) groups is 1. The van der Waals surface area contributed by atoms with E-state index in [4.69, 9.17) is 9.47 Å². The van der Waals surface area contributed by atoms with Crippen molar-refractivity contribution < 1.29 is 14.3 Å². The number of nitrogens with zero attached hydrogens (tertiary/aromatic N) is 1. The summed E-state index contributed by atoms with van der Waals surface area (Å²) in [6.45, 7) is 3.21. The maximum atomic E-state index is 10.7. The van der Waals surface area contributed by atoms with Crippen LogP contribution < -0.4 is 14.9 Å². The Kier molecular flexibility index (Phi) is 4.51. The maximum Gasteiger partial charge on any atom is 0.236 e. The highest BCUT2D eigenvalue weighted by atomic mass is 16.5. The lowest BCUT2D eigenvalue weighted by Gasteiger charge is -2.09. The molecule has 0 heterocycles. The van der Waals surface area contributed by atoms with Gasteiger partial charge in [-0.2, -0.15) is 5.10 Å². The predicted molar refractivity (Wildman–Crippen MR) is 65.6 cm³/mol. The van der Waals surface area contributed by atoms with Gasteiger partial charge in [-0.05, 0) is 25.1 Å². The standard InChI is InChI=1S/C12H16N2O3/c1-8(13-14-9(2)15)10-5-6-11(16-3)12(7-10)17-4/h5-7H,1-4H3,(H,14,15)/b13-8-. The molecule has 0 saturated heterocycles. The molecular formula is C12H16N2O3. The van der Waals surface area contributed by atoms with Gasteiger partial charge in [0.15, 0.2) is 11.5 Å². The highest BCUT2D eigenvalue weighted by molar-refractivity contribution is 5.99. The largest absolute Gasteiger partial charge is 0.493 e. The third kappa shape index (κ3) is 3.48. The van der Waals surface area contributed by atoms with E-state index in [0.29, 0.717) is 17.2 Å². The molecule has 1 aromatic carbocycles. The van der Waals surface area contributed by atoms with Gasteiger partial charge in [0, 0.05) is 12.5 Å². The van der Waals surface area contributed by atoms with Gasteiger partial charge < -0.3 is 9.47 Å². The van der Waals surface area contributed by atoms with E-state index >= 15 is 0 Å². The summed E-state index contributed by atoms with van der Waals surface area (Å²) in [6.07, 6.45) is 0. The number of benzene rings is 1.